The van der Waals surface area contributed by atoms with Crippen LogP contribution in [0.3, 0.4) is 0 Å². The van der Waals surface area contributed by atoms with Gasteiger partial charge in [0.05, 0.1) is 12.6 Å². The fourth-order valence-electron chi connectivity index (χ4n) is 3.99. The van der Waals surface area contributed by atoms with Gasteiger partial charge in [-0.25, -0.2) is 4.79 Å². The van der Waals surface area contributed by atoms with Crippen molar-refractivity contribution in [3.05, 3.63) is 48.6 Å². The van der Waals surface area contributed by atoms with E-state index in [-0.39, 0.29) is 25.7 Å². The van der Waals surface area contributed by atoms with Crippen LogP contribution in [0.2, 0.25) is 0 Å². The topological polar surface area (TPSA) is 65.1 Å². The Morgan fingerprint density at radius 2 is 2.04 bits per heavy atom. The van der Waals surface area contributed by atoms with Gasteiger partial charge in [-0.3, -0.25) is 4.90 Å². The largest absolute Gasteiger partial charge is 0.445 e. The summed E-state index contributed by atoms with van der Waals surface area (Å²) in [4.78, 5) is 25.7. The number of rotatable bonds is 8. The van der Waals surface area contributed by atoms with Crippen LogP contribution in [0.4, 0.5) is 4.79 Å². The van der Waals surface area contributed by atoms with Crippen LogP contribution in [0.15, 0.2) is 43.0 Å². The molecule has 1 saturated carbocycles. The number of hydrogen-bond acceptors (Lipinski definition) is 5. The van der Waals surface area contributed by atoms with Crippen molar-refractivity contribution in [2.75, 3.05) is 13.2 Å². The summed E-state index contributed by atoms with van der Waals surface area (Å²) in [6, 6.07) is 9.05. The highest BCUT2D eigenvalue weighted by atomic mass is 16.7. The predicted octanol–water partition coefficient (Wildman–Crippen LogP) is 3.84. The Kier molecular flexibility index (Phi) is 7.23. The van der Waals surface area contributed by atoms with Crippen LogP contribution < -0.4 is 0 Å². The van der Waals surface area contributed by atoms with Crippen LogP contribution in [-0.2, 0) is 25.6 Å². The van der Waals surface area contributed by atoms with Gasteiger partial charge in [0.15, 0.2) is 5.79 Å². The summed E-state index contributed by atoms with van der Waals surface area (Å²) in [7, 11) is 0. The van der Waals surface area contributed by atoms with Crippen LogP contribution in [0.25, 0.3) is 0 Å². The number of carbonyl (C=O) groups excluding carboxylic acids is 2. The number of aldehydes is 1. The first-order valence-electron chi connectivity index (χ1n) is 10.0. The Labute approximate surface area is 166 Å². The molecular weight excluding hydrogens is 358 g/mol. The first kappa shape index (κ1) is 20.6. The average molecular weight is 387 g/mol. The second-order valence-electron chi connectivity index (χ2n) is 7.39. The fourth-order valence-corrected chi connectivity index (χ4v) is 3.99. The molecule has 0 unspecified atom stereocenters. The van der Waals surface area contributed by atoms with Crippen LogP contribution in [-0.4, -0.2) is 48.4 Å². The highest BCUT2D eigenvalue weighted by Gasteiger charge is 2.46. The van der Waals surface area contributed by atoms with Crippen LogP contribution >= 0.6 is 0 Å². The third kappa shape index (κ3) is 5.00. The summed E-state index contributed by atoms with van der Waals surface area (Å²) >= 11 is 0. The molecule has 1 aliphatic heterocycles. The maximum absolute atomic E-state index is 12.8. The summed E-state index contributed by atoms with van der Waals surface area (Å²) in [5.74, 6) is -0.558. The zero-order chi connectivity index (χ0) is 19.8. The molecule has 1 aromatic carbocycles. The number of carbonyl (C=O) groups is 2. The molecule has 1 heterocycles. The minimum absolute atomic E-state index is 0.165. The first-order chi connectivity index (χ1) is 13.7. The van der Waals surface area contributed by atoms with Gasteiger partial charge in [-0.15, -0.1) is 6.58 Å². The van der Waals surface area contributed by atoms with Crippen molar-refractivity contribution in [2.45, 2.75) is 63.1 Å². The van der Waals surface area contributed by atoms with Gasteiger partial charge < -0.3 is 19.0 Å². The summed E-state index contributed by atoms with van der Waals surface area (Å²) < 4.78 is 17.8. The number of amides is 1. The van der Waals surface area contributed by atoms with E-state index in [1.807, 2.05) is 30.3 Å². The molecule has 1 aromatic rings. The molecule has 0 radical (unpaired) electrons. The summed E-state index contributed by atoms with van der Waals surface area (Å²) in [6.07, 6.45) is 6.82. The lowest BCUT2D eigenvalue weighted by molar-refractivity contribution is -0.192. The molecule has 0 aromatic heterocycles. The molecule has 0 bridgehead atoms. The Morgan fingerprint density at radius 3 is 2.71 bits per heavy atom. The molecule has 1 aliphatic carbocycles. The zero-order valence-corrected chi connectivity index (χ0v) is 16.3. The number of ether oxygens (including phenoxy) is 3. The summed E-state index contributed by atoms with van der Waals surface area (Å²) in [5, 5.41) is 0. The molecular formula is C22H29NO5. The smallest absolute Gasteiger partial charge is 0.410 e. The van der Waals surface area contributed by atoms with E-state index in [0.29, 0.717) is 6.61 Å². The lowest BCUT2D eigenvalue weighted by atomic mass is 9.94. The third-order valence-corrected chi connectivity index (χ3v) is 5.42. The van der Waals surface area contributed by atoms with E-state index in [9.17, 15) is 9.59 Å². The van der Waals surface area contributed by atoms with Gasteiger partial charge in [-0.2, -0.15) is 0 Å². The van der Waals surface area contributed by atoms with E-state index < -0.39 is 17.9 Å². The van der Waals surface area contributed by atoms with E-state index in [1.54, 1.807) is 6.08 Å². The van der Waals surface area contributed by atoms with E-state index in [0.717, 1.165) is 37.5 Å². The Bertz CT molecular complexity index is 656. The first-order valence-corrected chi connectivity index (χ1v) is 10.0. The Balaban J connectivity index is 1.68. The lowest BCUT2D eigenvalue weighted by Crippen LogP contribution is -2.49. The molecule has 6 heteroatoms. The second-order valence-corrected chi connectivity index (χ2v) is 7.39. The van der Waals surface area contributed by atoms with Gasteiger partial charge in [0, 0.05) is 25.8 Å². The van der Waals surface area contributed by atoms with Crippen molar-refractivity contribution in [1.82, 2.24) is 4.90 Å². The fraction of sp³-hybridized carbons (Fsp3) is 0.545. The normalized spacial score (nSPS) is 21.8. The van der Waals surface area contributed by atoms with Gasteiger partial charge in [0.1, 0.15) is 19.0 Å². The highest BCUT2D eigenvalue weighted by Crippen LogP contribution is 2.39. The summed E-state index contributed by atoms with van der Waals surface area (Å²) in [5.41, 5.74) is 0.906. The predicted molar refractivity (Wildman–Crippen MR) is 105 cm³/mol. The molecule has 1 saturated heterocycles. The van der Waals surface area contributed by atoms with Crippen molar-refractivity contribution in [3.63, 3.8) is 0 Å². The van der Waals surface area contributed by atoms with Crippen LogP contribution in [0.5, 0.6) is 0 Å². The summed E-state index contributed by atoms with van der Waals surface area (Å²) in [6.45, 7) is 4.57. The van der Waals surface area contributed by atoms with Crippen molar-refractivity contribution in [3.8, 4) is 0 Å². The minimum atomic E-state index is -0.558. The standard InChI is InChI=1S/C22H29NO5/c1-2-14-23(21(25)26-16-18-9-5-3-6-10-18)19(11-15-24)20-17-27-22(28-20)12-7-4-8-13-22/h2-3,5-6,9-10,15,19-20H,1,4,7-8,11-14,16-17H2/t19-,20-/m1/s1. The number of hydrogen-bond donors (Lipinski definition) is 0. The van der Waals surface area contributed by atoms with Crippen molar-refractivity contribution >= 4 is 12.4 Å². The van der Waals surface area contributed by atoms with Gasteiger partial charge >= 0.3 is 6.09 Å². The average Bonchev–Trinajstić information content (AvgIpc) is 3.13. The maximum Gasteiger partial charge on any atom is 0.410 e. The molecule has 2 aliphatic rings. The monoisotopic (exact) mass is 387 g/mol. The highest BCUT2D eigenvalue weighted by molar-refractivity contribution is 5.69. The van der Waals surface area contributed by atoms with E-state index in [2.05, 4.69) is 6.58 Å². The SMILES string of the molecule is C=CCN(C(=O)OCc1ccccc1)[C@H](CC=O)[C@H]1COC2(CCCCC2)O1. The van der Waals surface area contributed by atoms with Gasteiger partial charge in [0.2, 0.25) is 0 Å². The van der Waals surface area contributed by atoms with E-state index in [4.69, 9.17) is 14.2 Å². The molecule has 1 amide bonds. The molecule has 1 spiro atoms. The Morgan fingerprint density at radius 1 is 1.29 bits per heavy atom. The van der Waals surface area contributed by atoms with Crippen molar-refractivity contribution in [2.24, 2.45) is 0 Å². The van der Waals surface area contributed by atoms with Gasteiger partial charge in [0.25, 0.3) is 0 Å². The molecule has 2 fully saturated rings. The molecule has 2 atom stereocenters. The number of benzene rings is 1. The second kappa shape index (κ2) is 9.85. The lowest BCUT2D eigenvalue weighted by Gasteiger charge is -2.35. The van der Waals surface area contributed by atoms with Crippen molar-refractivity contribution < 1.29 is 23.8 Å². The minimum Gasteiger partial charge on any atom is -0.445 e. The van der Waals surface area contributed by atoms with Gasteiger partial charge in [-0.05, 0) is 18.4 Å². The third-order valence-electron chi connectivity index (χ3n) is 5.42. The molecule has 6 nitrogen and oxygen atoms in total. The van der Waals surface area contributed by atoms with E-state index >= 15 is 0 Å². The molecule has 152 valence electrons. The molecule has 28 heavy (non-hydrogen) atoms. The maximum atomic E-state index is 12.8. The molecule has 3 rings (SSSR count). The van der Waals surface area contributed by atoms with Crippen molar-refractivity contribution in [1.29, 1.82) is 0 Å². The van der Waals surface area contributed by atoms with Crippen LogP contribution in [0, 0.1) is 0 Å². The van der Waals surface area contributed by atoms with E-state index in [1.165, 1.54) is 11.3 Å². The molecule has 0 N–H and O–H groups in total. The van der Waals surface area contributed by atoms with Crippen LogP contribution in [0.1, 0.15) is 44.1 Å². The number of nitrogens with zero attached hydrogens (tertiary/aromatic N) is 1. The quantitative estimate of drug-likeness (QED) is 0.501. The Hall–Kier alpha value is -2.18. The van der Waals surface area contributed by atoms with Gasteiger partial charge in [-0.1, -0.05) is 42.8 Å². The zero-order valence-electron chi connectivity index (χ0n) is 16.3.